The monoisotopic (exact) mass is 359 g/mol. The number of methoxy groups -OCH3 is 2. The summed E-state index contributed by atoms with van der Waals surface area (Å²) in [6, 6.07) is 5.54. The molecule has 26 heavy (non-hydrogen) atoms. The fourth-order valence-corrected chi connectivity index (χ4v) is 3.10. The van der Waals surface area contributed by atoms with Crippen LogP contribution in [0.4, 0.5) is 0 Å². The fraction of sp³-hybridized carbons (Fsp3) is 0.474. The lowest BCUT2D eigenvalue weighted by Gasteiger charge is -2.33. The lowest BCUT2D eigenvalue weighted by Crippen LogP contribution is -2.47. The molecule has 1 saturated heterocycles. The van der Waals surface area contributed by atoms with E-state index in [0.717, 1.165) is 48.9 Å². The van der Waals surface area contributed by atoms with Gasteiger partial charge in [0, 0.05) is 39.6 Å². The number of hydrogen-bond acceptors (Lipinski definition) is 6. The predicted octanol–water partition coefficient (Wildman–Crippen LogP) is 2.33. The van der Waals surface area contributed by atoms with Gasteiger partial charge in [-0.1, -0.05) is 0 Å². The van der Waals surface area contributed by atoms with Gasteiger partial charge in [-0.3, -0.25) is 9.69 Å². The van der Waals surface area contributed by atoms with Crippen LogP contribution in [0, 0.1) is 6.92 Å². The Labute approximate surface area is 153 Å². The zero-order valence-corrected chi connectivity index (χ0v) is 15.7. The van der Waals surface area contributed by atoms with Crippen molar-refractivity contribution < 1.29 is 18.7 Å². The molecule has 0 bridgehead atoms. The average molecular weight is 359 g/mol. The summed E-state index contributed by atoms with van der Waals surface area (Å²) in [4.78, 5) is 20.3. The van der Waals surface area contributed by atoms with Crippen LogP contribution in [0.25, 0.3) is 11.5 Å². The van der Waals surface area contributed by atoms with E-state index in [1.165, 1.54) is 0 Å². The van der Waals surface area contributed by atoms with Gasteiger partial charge in [0.1, 0.15) is 17.3 Å². The first-order valence-corrected chi connectivity index (χ1v) is 8.68. The number of rotatable bonds is 5. The largest absolute Gasteiger partial charge is 0.497 e. The van der Waals surface area contributed by atoms with E-state index >= 15 is 0 Å². The minimum Gasteiger partial charge on any atom is -0.497 e. The predicted molar refractivity (Wildman–Crippen MR) is 97.3 cm³/mol. The first-order valence-electron chi connectivity index (χ1n) is 8.68. The third-order valence-corrected chi connectivity index (χ3v) is 4.72. The fourth-order valence-electron chi connectivity index (χ4n) is 3.10. The number of carbonyl (C=O) groups is 1. The number of ether oxygens (including phenoxy) is 2. The average Bonchev–Trinajstić information content (AvgIpc) is 3.02. The molecule has 1 aliphatic rings. The molecule has 3 rings (SSSR count). The number of piperazine rings is 1. The van der Waals surface area contributed by atoms with Gasteiger partial charge >= 0.3 is 0 Å². The molecule has 140 valence electrons. The van der Waals surface area contributed by atoms with E-state index in [-0.39, 0.29) is 5.91 Å². The SMILES string of the molecule is COc1ccc(OC)c(-c2nc(CN3CCN(C(C)=O)CC3)c(C)o2)c1. The van der Waals surface area contributed by atoms with Crippen LogP contribution in [0.2, 0.25) is 0 Å². The van der Waals surface area contributed by atoms with Crippen LogP contribution in [0.1, 0.15) is 18.4 Å². The summed E-state index contributed by atoms with van der Waals surface area (Å²) in [6.45, 7) is 7.42. The highest BCUT2D eigenvalue weighted by Crippen LogP contribution is 2.34. The maximum atomic E-state index is 11.4. The number of oxazole rings is 1. The molecule has 7 heteroatoms. The topological polar surface area (TPSA) is 68.0 Å². The van der Waals surface area contributed by atoms with E-state index < -0.39 is 0 Å². The number of carbonyl (C=O) groups excluding carboxylic acids is 1. The summed E-state index contributed by atoms with van der Waals surface area (Å²) < 4.78 is 16.6. The van der Waals surface area contributed by atoms with Crippen LogP contribution in [0.3, 0.4) is 0 Å². The standard InChI is InChI=1S/C19H25N3O4/c1-13-17(12-21-7-9-22(10-8-21)14(2)23)20-19(26-13)16-11-15(24-3)5-6-18(16)25-4/h5-6,11H,7-10,12H2,1-4H3. The van der Waals surface area contributed by atoms with E-state index in [0.29, 0.717) is 18.2 Å². The summed E-state index contributed by atoms with van der Waals surface area (Å²) in [5.41, 5.74) is 1.67. The van der Waals surface area contributed by atoms with Crippen molar-refractivity contribution in [3.63, 3.8) is 0 Å². The molecule has 1 aromatic heterocycles. The highest BCUT2D eigenvalue weighted by molar-refractivity contribution is 5.73. The van der Waals surface area contributed by atoms with E-state index in [4.69, 9.17) is 13.9 Å². The molecule has 0 radical (unpaired) electrons. The third kappa shape index (κ3) is 3.83. The summed E-state index contributed by atoms with van der Waals surface area (Å²) >= 11 is 0. The second kappa shape index (κ2) is 7.78. The number of benzene rings is 1. The zero-order chi connectivity index (χ0) is 18.7. The molecule has 0 saturated carbocycles. The highest BCUT2D eigenvalue weighted by Gasteiger charge is 2.22. The van der Waals surface area contributed by atoms with Gasteiger partial charge in [0.25, 0.3) is 0 Å². The Hall–Kier alpha value is -2.54. The number of amides is 1. The molecule has 1 aromatic carbocycles. The van der Waals surface area contributed by atoms with Gasteiger partial charge < -0.3 is 18.8 Å². The molecule has 0 unspecified atom stereocenters. The first-order chi connectivity index (χ1) is 12.5. The second-order valence-corrected chi connectivity index (χ2v) is 6.37. The molecule has 1 amide bonds. The Balaban J connectivity index is 1.77. The summed E-state index contributed by atoms with van der Waals surface area (Å²) in [5, 5.41) is 0. The molecule has 0 spiro atoms. The molecule has 0 atom stereocenters. The highest BCUT2D eigenvalue weighted by atomic mass is 16.5. The number of aromatic nitrogens is 1. The number of hydrogen-bond donors (Lipinski definition) is 0. The molecule has 0 N–H and O–H groups in total. The van der Waals surface area contributed by atoms with Crippen molar-refractivity contribution in [2.24, 2.45) is 0 Å². The van der Waals surface area contributed by atoms with Crippen molar-refractivity contribution in [2.75, 3.05) is 40.4 Å². The first kappa shape index (κ1) is 18.3. The Morgan fingerprint density at radius 1 is 1.19 bits per heavy atom. The van der Waals surface area contributed by atoms with Crippen LogP contribution >= 0.6 is 0 Å². The van der Waals surface area contributed by atoms with Gasteiger partial charge in [-0.05, 0) is 25.1 Å². The van der Waals surface area contributed by atoms with Crippen LogP contribution in [0.5, 0.6) is 11.5 Å². The smallest absolute Gasteiger partial charge is 0.230 e. The van der Waals surface area contributed by atoms with Crippen molar-refractivity contribution in [3.8, 4) is 23.0 Å². The van der Waals surface area contributed by atoms with E-state index in [1.807, 2.05) is 30.0 Å². The maximum absolute atomic E-state index is 11.4. The summed E-state index contributed by atoms with van der Waals surface area (Å²) in [7, 11) is 3.25. The van der Waals surface area contributed by atoms with E-state index in [2.05, 4.69) is 9.88 Å². The molecule has 7 nitrogen and oxygen atoms in total. The van der Waals surface area contributed by atoms with Crippen molar-refractivity contribution in [2.45, 2.75) is 20.4 Å². The quantitative estimate of drug-likeness (QED) is 0.816. The van der Waals surface area contributed by atoms with Crippen LogP contribution in [-0.2, 0) is 11.3 Å². The van der Waals surface area contributed by atoms with Gasteiger partial charge in [-0.15, -0.1) is 0 Å². The third-order valence-electron chi connectivity index (χ3n) is 4.72. The zero-order valence-electron chi connectivity index (χ0n) is 15.7. The molecule has 1 aliphatic heterocycles. The van der Waals surface area contributed by atoms with Crippen LogP contribution in [0.15, 0.2) is 22.6 Å². The number of aryl methyl sites for hydroxylation is 1. The Morgan fingerprint density at radius 2 is 1.92 bits per heavy atom. The molecule has 1 fully saturated rings. The lowest BCUT2D eigenvalue weighted by molar-refractivity contribution is -0.130. The molecular formula is C19H25N3O4. The minimum absolute atomic E-state index is 0.134. The van der Waals surface area contributed by atoms with Crippen molar-refractivity contribution in [1.29, 1.82) is 0 Å². The maximum Gasteiger partial charge on any atom is 0.230 e. The van der Waals surface area contributed by atoms with Gasteiger partial charge in [-0.2, -0.15) is 0 Å². The number of nitrogens with zero attached hydrogens (tertiary/aromatic N) is 3. The van der Waals surface area contributed by atoms with E-state index in [9.17, 15) is 4.79 Å². The molecule has 2 heterocycles. The van der Waals surface area contributed by atoms with Gasteiger partial charge in [0.05, 0.1) is 25.5 Å². The van der Waals surface area contributed by atoms with Crippen molar-refractivity contribution >= 4 is 5.91 Å². The normalized spacial score (nSPS) is 15.2. The van der Waals surface area contributed by atoms with Gasteiger partial charge in [-0.25, -0.2) is 4.98 Å². The molecule has 2 aromatic rings. The van der Waals surface area contributed by atoms with Gasteiger partial charge in [0.2, 0.25) is 11.8 Å². The van der Waals surface area contributed by atoms with Crippen LogP contribution in [-0.4, -0.2) is 61.1 Å². The lowest BCUT2D eigenvalue weighted by atomic mass is 10.2. The Morgan fingerprint density at radius 3 is 2.54 bits per heavy atom. The molecular weight excluding hydrogens is 334 g/mol. The van der Waals surface area contributed by atoms with E-state index in [1.54, 1.807) is 21.1 Å². The Bertz CT molecular complexity index is 779. The summed E-state index contributed by atoms with van der Waals surface area (Å²) in [6.07, 6.45) is 0. The Kier molecular flexibility index (Phi) is 5.46. The van der Waals surface area contributed by atoms with Gasteiger partial charge in [0.15, 0.2) is 0 Å². The minimum atomic E-state index is 0.134. The van der Waals surface area contributed by atoms with Crippen molar-refractivity contribution in [3.05, 3.63) is 29.7 Å². The van der Waals surface area contributed by atoms with Crippen molar-refractivity contribution in [1.82, 2.24) is 14.8 Å². The van der Waals surface area contributed by atoms with Crippen LogP contribution < -0.4 is 9.47 Å². The summed E-state index contributed by atoms with van der Waals surface area (Å²) in [5.74, 6) is 2.86. The second-order valence-electron chi connectivity index (χ2n) is 6.37. The molecule has 0 aliphatic carbocycles.